The summed E-state index contributed by atoms with van der Waals surface area (Å²) in [7, 11) is 2.18. The summed E-state index contributed by atoms with van der Waals surface area (Å²) in [4.78, 5) is 4.62. The van der Waals surface area contributed by atoms with E-state index in [1.54, 1.807) is 24.5 Å². The lowest BCUT2D eigenvalue weighted by molar-refractivity contribution is 0.319. The highest BCUT2D eigenvalue weighted by molar-refractivity contribution is 5.74. The minimum atomic E-state index is 0.133. The molecule has 7 nitrogen and oxygen atoms in total. The third kappa shape index (κ3) is 3.50. The number of aromatic amines is 1. The molecule has 1 aromatic heterocycles. The van der Waals surface area contributed by atoms with Crippen LogP contribution in [0.4, 0.5) is 0 Å². The van der Waals surface area contributed by atoms with E-state index in [0.717, 1.165) is 43.1 Å². The highest BCUT2D eigenvalue weighted by Gasteiger charge is 2.38. The number of phenolic OH excluding ortho intramolecular Hbond substituents is 1. The van der Waals surface area contributed by atoms with Gasteiger partial charge in [0.25, 0.3) is 0 Å². The van der Waals surface area contributed by atoms with Gasteiger partial charge in [-0.15, -0.1) is 0 Å². The van der Waals surface area contributed by atoms with E-state index < -0.39 is 0 Å². The molecule has 142 valence electrons. The van der Waals surface area contributed by atoms with Gasteiger partial charge in [-0.05, 0) is 48.7 Å². The molecular formula is C20H26N6O. The number of nitrogens with one attached hydrogen (secondary N) is 1. The lowest BCUT2D eigenvalue weighted by Gasteiger charge is -2.21. The van der Waals surface area contributed by atoms with Gasteiger partial charge in [-0.3, -0.25) is 5.10 Å². The van der Waals surface area contributed by atoms with Gasteiger partial charge in [0, 0.05) is 49.2 Å². The summed E-state index contributed by atoms with van der Waals surface area (Å²) in [5.74, 6) is 2.25. The SMILES string of the molecule is CN1C[C@@H]2CN(/C(N)=C/C=C(\N)c3ccc(-c4cn[nH]c4)cc3O)C[C@@H]2C1. The third-order valence-corrected chi connectivity index (χ3v) is 5.61. The Morgan fingerprint density at radius 3 is 2.52 bits per heavy atom. The molecule has 0 radical (unpaired) electrons. The van der Waals surface area contributed by atoms with Crippen molar-refractivity contribution < 1.29 is 5.11 Å². The fourth-order valence-corrected chi connectivity index (χ4v) is 4.17. The van der Waals surface area contributed by atoms with E-state index in [1.165, 1.54) is 0 Å². The van der Waals surface area contributed by atoms with Crippen molar-refractivity contribution >= 4 is 5.70 Å². The fourth-order valence-electron chi connectivity index (χ4n) is 4.17. The summed E-state index contributed by atoms with van der Waals surface area (Å²) in [5, 5.41) is 17.0. The summed E-state index contributed by atoms with van der Waals surface area (Å²) in [6.45, 7) is 4.28. The van der Waals surface area contributed by atoms with E-state index in [-0.39, 0.29) is 5.75 Å². The normalized spacial score (nSPS) is 23.8. The second kappa shape index (κ2) is 7.00. The van der Waals surface area contributed by atoms with E-state index in [0.29, 0.717) is 23.1 Å². The van der Waals surface area contributed by atoms with Gasteiger partial charge in [-0.25, -0.2) is 0 Å². The zero-order chi connectivity index (χ0) is 19.0. The average molecular weight is 366 g/mol. The summed E-state index contributed by atoms with van der Waals surface area (Å²) < 4.78 is 0. The number of benzene rings is 1. The zero-order valence-electron chi connectivity index (χ0n) is 15.5. The number of aromatic nitrogens is 2. The minimum Gasteiger partial charge on any atom is -0.507 e. The van der Waals surface area contributed by atoms with Crippen LogP contribution in [0.2, 0.25) is 0 Å². The number of nitrogens with zero attached hydrogens (tertiary/aromatic N) is 3. The molecule has 2 aliphatic rings. The molecule has 2 atom stereocenters. The number of H-pyrrole nitrogens is 1. The van der Waals surface area contributed by atoms with Crippen LogP contribution in [0.25, 0.3) is 16.8 Å². The number of nitrogens with two attached hydrogens (primary N) is 2. The highest BCUT2D eigenvalue weighted by atomic mass is 16.3. The van der Waals surface area contributed by atoms with Gasteiger partial charge >= 0.3 is 0 Å². The van der Waals surface area contributed by atoms with Crippen molar-refractivity contribution in [1.82, 2.24) is 20.0 Å². The van der Waals surface area contributed by atoms with Crippen LogP contribution >= 0.6 is 0 Å². The number of hydrogen-bond acceptors (Lipinski definition) is 6. The molecule has 0 bridgehead atoms. The van der Waals surface area contributed by atoms with E-state index in [1.807, 2.05) is 18.2 Å². The van der Waals surface area contributed by atoms with Crippen LogP contribution in [0.3, 0.4) is 0 Å². The number of phenols is 1. The van der Waals surface area contributed by atoms with E-state index in [2.05, 4.69) is 27.0 Å². The highest BCUT2D eigenvalue weighted by Crippen LogP contribution is 2.32. The molecule has 0 unspecified atom stereocenters. The largest absolute Gasteiger partial charge is 0.507 e. The first-order valence-corrected chi connectivity index (χ1v) is 9.20. The van der Waals surface area contributed by atoms with Gasteiger partial charge in [-0.2, -0.15) is 5.10 Å². The van der Waals surface area contributed by atoms with Crippen molar-refractivity contribution in [3.05, 3.63) is 54.1 Å². The van der Waals surface area contributed by atoms with Crippen LogP contribution in [0.1, 0.15) is 5.56 Å². The maximum Gasteiger partial charge on any atom is 0.125 e. The van der Waals surface area contributed by atoms with Crippen LogP contribution in [0.5, 0.6) is 5.75 Å². The predicted octanol–water partition coefficient (Wildman–Crippen LogP) is 1.38. The Morgan fingerprint density at radius 1 is 1.15 bits per heavy atom. The van der Waals surface area contributed by atoms with Crippen molar-refractivity contribution in [2.75, 3.05) is 33.2 Å². The van der Waals surface area contributed by atoms with Crippen molar-refractivity contribution in [3.63, 3.8) is 0 Å². The lowest BCUT2D eigenvalue weighted by atomic mass is 10.0. The molecule has 27 heavy (non-hydrogen) atoms. The average Bonchev–Trinajstić information content (AvgIpc) is 3.35. The molecule has 0 aliphatic carbocycles. The van der Waals surface area contributed by atoms with E-state index in [4.69, 9.17) is 11.5 Å². The van der Waals surface area contributed by atoms with Gasteiger partial charge in [-0.1, -0.05) is 6.07 Å². The van der Waals surface area contributed by atoms with Gasteiger partial charge in [0.1, 0.15) is 5.75 Å². The zero-order valence-corrected chi connectivity index (χ0v) is 15.5. The Hall–Kier alpha value is -2.93. The van der Waals surface area contributed by atoms with E-state index >= 15 is 0 Å². The van der Waals surface area contributed by atoms with Crippen LogP contribution in [0.15, 0.2) is 48.6 Å². The summed E-state index contributed by atoms with van der Waals surface area (Å²) in [6, 6.07) is 5.40. The Morgan fingerprint density at radius 2 is 1.89 bits per heavy atom. The molecule has 2 aromatic rings. The third-order valence-electron chi connectivity index (χ3n) is 5.61. The maximum absolute atomic E-state index is 10.4. The number of likely N-dealkylation sites (tertiary alicyclic amines) is 2. The number of allylic oxidation sites excluding steroid dienone is 2. The molecule has 2 aliphatic heterocycles. The lowest BCUT2D eigenvalue weighted by Crippen LogP contribution is -2.29. The van der Waals surface area contributed by atoms with Crippen LogP contribution in [0, 0.1) is 11.8 Å². The molecule has 0 amide bonds. The first kappa shape index (κ1) is 17.5. The Labute approximate surface area is 159 Å². The molecule has 3 heterocycles. The standard InChI is InChI=1S/C20H26N6O/c1-25-9-15-11-26(12-16(15)10-25)20(22)5-4-18(21)17-3-2-13(6-19(17)27)14-7-23-24-8-14/h2-8,15-16,27H,9-12,21-22H2,1H3,(H,23,24)/b18-4-,20-5+/t15-,16+. The molecule has 2 fully saturated rings. The van der Waals surface area contributed by atoms with Crippen molar-refractivity contribution in [3.8, 4) is 16.9 Å². The van der Waals surface area contributed by atoms with Gasteiger partial charge < -0.3 is 26.4 Å². The molecule has 0 saturated carbocycles. The Bertz CT molecular complexity index is 859. The first-order valence-electron chi connectivity index (χ1n) is 9.20. The van der Waals surface area contributed by atoms with Crippen molar-refractivity contribution in [2.45, 2.75) is 0 Å². The second-order valence-electron chi connectivity index (χ2n) is 7.58. The Balaban J connectivity index is 1.47. The van der Waals surface area contributed by atoms with Crippen molar-refractivity contribution in [2.24, 2.45) is 23.3 Å². The number of rotatable bonds is 4. The van der Waals surface area contributed by atoms with Crippen LogP contribution in [-0.4, -0.2) is 58.3 Å². The minimum absolute atomic E-state index is 0.133. The molecule has 1 aromatic carbocycles. The predicted molar refractivity (Wildman–Crippen MR) is 106 cm³/mol. The van der Waals surface area contributed by atoms with Crippen LogP contribution < -0.4 is 11.5 Å². The summed E-state index contributed by atoms with van der Waals surface area (Å²) >= 11 is 0. The second-order valence-corrected chi connectivity index (χ2v) is 7.58. The molecule has 4 rings (SSSR count). The van der Waals surface area contributed by atoms with Gasteiger partial charge in [0.05, 0.1) is 12.0 Å². The number of fused-ring (bicyclic) bond motifs is 1. The van der Waals surface area contributed by atoms with Crippen LogP contribution in [-0.2, 0) is 0 Å². The first-order chi connectivity index (χ1) is 13.0. The van der Waals surface area contributed by atoms with Gasteiger partial charge in [0.2, 0.25) is 0 Å². The molecule has 2 saturated heterocycles. The summed E-state index contributed by atoms with van der Waals surface area (Å²) in [6.07, 6.45) is 7.09. The Kier molecular flexibility index (Phi) is 4.53. The topological polar surface area (TPSA) is 107 Å². The molecular weight excluding hydrogens is 340 g/mol. The van der Waals surface area contributed by atoms with Gasteiger partial charge in [0.15, 0.2) is 0 Å². The number of aromatic hydroxyl groups is 1. The van der Waals surface area contributed by atoms with Crippen molar-refractivity contribution in [1.29, 1.82) is 0 Å². The molecule has 0 spiro atoms. The number of hydrogen-bond donors (Lipinski definition) is 4. The summed E-state index contributed by atoms with van der Waals surface area (Å²) in [5.41, 5.74) is 15.3. The molecule has 6 N–H and O–H groups in total. The monoisotopic (exact) mass is 366 g/mol. The quantitative estimate of drug-likeness (QED) is 0.609. The fraction of sp³-hybridized carbons (Fsp3) is 0.350. The maximum atomic E-state index is 10.4. The smallest absolute Gasteiger partial charge is 0.125 e. The molecule has 7 heteroatoms. The van der Waals surface area contributed by atoms with E-state index in [9.17, 15) is 5.11 Å².